The van der Waals surface area contributed by atoms with E-state index in [1.165, 1.54) is 0 Å². The SMILES string of the molecule is CCC(C)(C)CNc1nc2c(s1)CCCC2C(=O)O. The van der Waals surface area contributed by atoms with Gasteiger partial charge in [0.1, 0.15) is 5.92 Å². The number of carboxylic acids is 1. The minimum atomic E-state index is -0.744. The molecule has 4 nitrogen and oxygen atoms in total. The van der Waals surface area contributed by atoms with Crippen LogP contribution in [0.4, 0.5) is 5.13 Å². The number of aliphatic carboxylic acids is 1. The van der Waals surface area contributed by atoms with Crippen molar-refractivity contribution in [2.24, 2.45) is 5.41 Å². The maximum atomic E-state index is 11.2. The average molecular weight is 282 g/mol. The molecule has 0 aromatic carbocycles. The molecule has 5 heteroatoms. The molecule has 1 unspecified atom stereocenters. The molecule has 0 aliphatic heterocycles. The van der Waals surface area contributed by atoms with Crippen LogP contribution in [0.25, 0.3) is 0 Å². The summed E-state index contributed by atoms with van der Waals surface area (Å²) in [5.74, 6) is -1.15. The highest BCUT2D eigenvalue weighted by atomic mass is 32.1. The lowest BCUT2D eigenvalue weighted by Crippen LogP contribution is -2.22. The summed E-state index contributed by atoms with van der Waals surface area (Å²) in [4.78, 5) is 16.9. The number of carbonyl (C=O) groups is 1. The Bertz CT molecular complexity index is 468. The molecule has 1 aliphatic rings. The van der Waals surface area contributed by atoms with Gasteiger partial charge in [-0.25, -0.2) is 4.98 Å². The molecule has 0 spiro atoms. The van der Waals surface area contributed by atoms with E-state index in [0.717, 1.165) is 41.5 Å². The van der Waals surface area contributed by atoms with Crippen LogP contribution in [0.1, 0.15) is 56.5 Å². The molecule has 0 radical (unpaired) electrons. The summed E-state index contributed by atoms with van der Waals surface area (Å²) >= 11 is 1.62. The van der Waals surface area contributed by atoms with Crippen molar-refractivity contribution >= 4 is 22.4 Å². The minimum absolute atomic E-state index is 0.234. The first kappa shape index (κ1) is 14.3. The molecule has 0 saturated carbocycles. The molecular formula is C14H22N2O2S. The first-order chi connectivity index (χ1) is 8.93. The number of fused-ring (bicyclic) bond motifs is 1. The molecule has 1 atom stereocenters. The molecule has 106 valence electrons. The lowest BCUT2D eigenvalue weighted by atomic mass is 9.90. The third kappa shape index (κ3) is 3.26. The Morgan fingerprint density at radius 2 is 2.32 bits per heavy atom. The number of anilines is 1. The van der Waals surface area contributed by atoms with Crippen molar-refractivity contribution in [2.75, 3.05) is 11.9 Å². The molecule has 0 amide bonds. The quantitative estimate of drug-likeness (QED) is 0.867. The van der Waals surface area contributed by atoms with E-state index in [1.54, 1.807) is 11.3 Å². The summed E-state index contributed by atoms with van der Waals surface area (Å²) in [5, 5.41) is 13.5. The van der Waals surface area contributed by atoms with E-state index in [2.05, 4.69) is 31.1 Å². The van der Waals surface area contributed by atoms with Crippen molar-refractivity contribution in [3.05, 3.63) is 10.6 Å². The Labute approximate surface area is 118 Å². The van der Waals surface area contributed by atoms with Crippen LogP contribution in [0.15, 0.2) is 0 Å². The maximum absolute atomic E-state index is 11.2. The van der Waals surface area contributed by atoms with E-state index in [9.17, 15) is 9.90 Å². The minimum Gasteiger partial charge on any atom is -0.481 e. The summed E-state index contributed by atoms with van der Waals surface area (Å²) in [7, 11) is 0. The van der Waals surface area contributed by atoms with Crippen LogP contribution >= 0.6 is 11.3 Å². The van der Waals surface area contributed by atoms with Gasteiger partial charge >= 0.3 is 5.97 Å². The lowest BCUT2D eigenvalue weighted by molar-refractivity contribution is -0.139. The fourth-order valence-electron chi connectivity index (χ4n) is 2.17. The van der Waals surface area contributed by atoms with Crippen LogP contribution in [-0.2, 0) is 11.2 Å². The van der Waals surface area contributed by atoms with Gasteiger partial charge in [0.05, 0.1) is 5.69 Å². The van der Waals surface area contributed by atoms with E-state index in [4.69, 9.17) is 0 Å². The number of hydrogen-bond donors (Lipinski definition) is 2. The van der Waals surface area contributed by atoms with Crippen LogP contribution in [0.3, 0.4) is 0 Å². The number of carboxylic acid groups (broad SMARTS) is 1. The van der Waals surface area contributed by atoms with E-state index >= 15 is 0 Å². The van der Waals surface area contributed by atoms with Gasteiger partial charge in [-0.3, -0.25) is 4.79 Å². The van der Waals surface area contributed by atoms with Crippen molar-refractivity contribution in [1.29, 1.82) is 0 Å². The molecule has 0 bridgehead atoms. The largest absolute Gasteiger partial charge is 0.481 e. The van der Waals surface area contributed by atoms with Crippen LogP contribution in [0, 0.1) is 5.41 Å². The normalized spacial score (nSPS) is 19.0. The fourth-order valence-corrected chi connectivity index (χ4v) is 3.23. The third-order valence-electron chi connectivity index (χ3n) is 3.93. The number of nitrogens with zero attached hydrogens (tertiary/aromatic N) is 1. The number of aryl methyl sites for hydroxylation is 1. The Morgan fingerprint density at radius 3 is 2.95 bits per heavy atom. The first-order valence-corrected chi connectivity index (χ1v) is 7.71. The Hall–Kier alpha value is -1.10. The van der Waals surface area contributed by atoms with Crippen molar-refractivity contribution in [2.45, 2.75) is 52.4 Å². The molecular weight excluding hydrogens is 260 g/mol. The van der Waals surface area contributed by atoms with Crippen LogP contribution in [0.5, 0.6) is 0 Å². The second-order valence-electron chi connectivity index (χ2n) is 5.98. The molecule has 2 N–H and O–H groups in total. The number of rotatable bonds is 5. The van der Waals surface area contributed by atoms with E-state index in [1.807, 2.05) is 0 Å². The predicted octanol–water partition coefficient (Wildman–Crippen LogP) is 3.50. The average Bonchev–Trinajstić information content (AvgIpc) is 2.79. The number of hydrogen-bond acceptors (Lipinski definition) is 4. The second kappa shape index (κ2) is 5.49. The van der Waals surface area contributed by atoms with Gasteiger partial charge in [0.25, 0.3) is 0 Å². The van der Waals surface area contributed by atoms with Gasteiger partial charge in [0.2, 0.25) is 0 Å². The lowest BCUT2D eigenvalue weighted by Gasteiger charge is -2.22. The molecule has 2 rings (SSSR count). The molecule has 19 heavy (non-hydrogen) atoms. The third-order valence-corrected chi connectivity index (χ3v) is 5.02. The van der Waals surface area contributed by atoms with Gasteiger partial charge in [-0.15, -0.1) is 11.3 Å². The van der Waals surface area contributed by atoms with Gasteiger partial charge < -0.3 is 10.4 Å². The molecule has 0 fully saturated rings. The Balaban J connectivity index is 2.11. The standard InChI is InChI=1S/C14H22N2O2S/c1-4-14(2,3)8-15-13-16-11-9(12(17)18)6-5-7-10(11)19-13/h9H,4-8H2,1-3H3,(H,15,16)(H,17,18). The molecule has 1 aromatic heterocycles. The zero-order valence-corrected chi connectivity index (χ0v) is 12.6. The number of thiazole rings is 1. The smallest absolute Gasteiger partial charge is 0.312 e. The number of nitrogens with one attached hydrogen (secondary N) is 1. The van der Waals surface area contributed by atoms with Gasteiger partial charge in [0, 0.05) is 11.4 Å². The summed E-state index contributed by atoms with van der Waals surface area (Å²) in [6.07, 6.45) is 3.73. The fraction of sp³-hybridized carbons (Fsp3) is 0.714. The topological polar surface area (TPSA) is 62.2 Å². The summed E-state index contributed by atoms with van der Waals surface area (Å²) in [6.45, 7) is 7.48. The van der Waals surface area contributed by atoms with Crippen LogP contribution in [-0.4, -0.2) is 22.6 Å². The van der Waals surface area contributed by atoms with Gasteiger partial charge in [-0.1, -0.05) is 20.8 Å². The summed E-state index contributed by atoms with van der Waals surface area (Å²) < 4.78 is 0. The van der Waals surface area contributed by atoms with Crippen molar-refractivity contribution in [1.82, 2.24) is 4.98 Å². The van der Waals surface area contributed by atoms with Crippen molar-refractivity contribution < 1.29 is 9.90 Å². The van der Waals surface area contributed by atoms with Gasteiger partial charge in [-0.2, -0.15) is 0 Å². The number of aromatic nitrogens is 1. The predicted molar refractivity (Wildman–Crippen MR) is 78.0 cm³/mol. The van der Waals surface area contributed by atoms with Crippen LogP contribution in [0.2, 0.25) is 0 Å². The zero-order valence-electron chi connectivity index (χ0n) is 11.8. The van der Waals surface area contributed by atoms with Gasteiger partial charge in [-0.05, 0) is 31.1 Å². The molecule has 1 aromatic rings. The van der Waals surface area contributed by atoms with E-state index in [-0.39, 0.29) is 5.41 Å². The molecule has 1 aliphatic carbocycles. The molecule has 1 heterocycles. The van der Waals surface area contributed by atoms with Crippen LogP contribution < -0.4 is 5.32 Å². The van der Waals surface area contributed by atoms with Crippen molar-refractivity contribution in [3.63, 3.8) is 0 Å². The summed E-state index contributed by atoms with van der Waals surface area (Å²) in [6, 6.07) is 0. The Morgan fingerprint density at radius 1 is 1.58 bits per heavy atom. The van der Waals surface area contributed by atoms with Crippen molar-refractivity contribution in [3.8, 4) is 0 Å². The summed E-state index contributed by atoms with van der Waals surface area (Å²) in [5.41, 5.74) is 1.03. The zero-order chi connectivity index (χ0) is 14.0. The van der Waals surface area contributed by atoms with E-state index < -0.39 is 11.9 Å². The van der Waals surface area contributed by atoms with E-state index in [0.29, 0.717) is 6.42 Å². The van der Waals surface area contributed by atoms with Gasteiger partial charge in [0.15, 0.2) is 5.13 Å². The highest BCUT2D eigenvalue weighted by Gasteiger charge is 2.30. The Kier molecular flexibility index (Phi) is 4.13. The first-order valence-electron chi connectivity index (χ1n) is 6.89. The monoisotopic (exact) mass is 282 g/mol. The highest BCUT2D eigenvalue weighted by Crippen LogP contribution is 2.37. The maximum Gasteiger partial charge on any atom is 0.312 e. The highest BCUT2D eigenvalue weighted by molar-refractivity contribution is 7.15. The second-order valence-corrected chi connectivity index (χ2v) is 7.07. The molecule has 0 saturated heterocycles.